The van der Waals surface area contributed by atoms with Crippen LogP contribution in [0.2, 0.25) is 0 Å². The molecule has 0 unspecified atom stereocenters. The van der Waals surface area contributed by atoms with E-state index in [0.717, 1.165) is 0 Å². The summed E-state index contributed by atoms with van der Waals surface area (Å²) in [5.41, 5.74) is -2.74. The van der Waals surface area contributed by atoms with Crippen LogP contribution in [0.4, 0.5) is 0 Å². The van der Waals surface area contributed by atoms with Crippen LogP contribution in [-0.2, 0) is 82.7 Å². The predicted octanol–water partition coefficient (Wildman–Crippen LogP) is -0.837. The molecule has 110 valence electrons. The quantitative estimate of drug-likeness (QED) is 0.404. The number of halogens is 1. The Bertz CT molecular complexity index is 246. The second kappa shape index (κ2) is 15.8. The standard InChI is InChI=1S/C6H8O7.ClH.4Mn/c7-3(8)1-6(13,5(11)12)2-4(9)10;;;;;/h13H,1-2H2,(H,7,8)(H,9,10)(H,11,12);1H;;;;. The Hall–Kier alpha value is 0.738. The summed E-state index contributed by atoms with van der Waals surface area (Å²) >= 11 is 0. The fourth-order valence-electron chi connectivity index (χ4n) is 0.714. The van der Waals surface area contributed by atoms with Gasteiger partial charge in [-0.3, -0.25) is 9.59 Å². The molecule has 0 heterocycles. The minimum atomic E-state index is -2.74. The molecule has 12 heteroatoms. The number of hydrogen-bond acceptors (Lipinski definition) is 4. The van der Waals surface area contributed by atoms with Crippen molar-refractivity contribution in [2.45, 2.75) is 18.4 Å². The van der Waals surface area contributed by atoms with Gasteiger partial charge >= 0.3 is 17.9 Å². The smallest absolute Gasteiger partial charge is 0.336 e. The third-order valence-corrected chi connectivity index (χ3v) is 1.29. The first-order valence-electron chi connectivity index (χ1n) is 3.17. The average molecular weight is 448 g/mol. The normalized spacial score (nSPS) is 7.83. The molecule has 4 radical (unpaired) electrons. The van der Waals surface area contributed by atoms with Gasteiger partial charge < -0.3 is 20.4 Å². The molecule has 0 aromatic rings. The third kappa shape index (κ3) is 14.8. The van der Waals surface area contributed by atoms with Crippen LogP contribution in [-0.4, -0.2) is 43.9 Å². The zero-order valence-electron chi connectivity index (χ0n) is 8.35. The molecule has 0 atom stereocenters. The van der Waals surface area contributed by atoms with Crippen molar-refractivity contribution in [1.29, 1.82) is 0 Å². The van der Waals surface area contributed by atoms with Gasteiger partial charge in [-0.05, 0) is 0 Å². The van der Waals surface area contributed by atoms with Gasteiger partial charge in [0.1, 0.15) is 0 Å². The van der Waals surface area contributed by atoms with E-state index in [4.69, 9.17) is 20.4 Å². The fraction of sp³-hybridized carbons (Fsp3) is 0.500. The summed E-state index contributed by atoms with van der Waals surface area (Å²) in [6.07, 6.45) is -2.29. The molecule has 0 aromatic carbocycles. The molecule has 0 saturated carbocycles. The van der Waals surface area contributed by atoms with Gasteiger partial charge in [-0.2, -0.15) is 0 Å². The van der Waals surface area contributed by atoms with Crippen LogP contribution in [0.5, 0.6) is 0 Å². The van der Waals surface area contributed by atoms with Crippen molar-refractivity contribution in [3.05, 3.63) is 0 Å². The van der Waals surface area contributed by atoms with Gasteiger partial charge in [0.25, 0.3) is 0 Å². The summed E-state index contributed by atoms with van der Waals surface area (Å²) in [4.78, 5) is 30.5. The Morgan fingerprint density at radius 2 is 1.00 bits per heavy atom. The molecule has 0 fully saturated rings. The van der Waals surface area contributed by atoms with Crippen molar-refractivity contribution < 1.29 is 103 Å². The number of aliphatic hydroxyl groups is 1. The van der Waals surface area contributed by atoms with Crippen molar-refractivity contribution in [1.82, 2.24) is 0 Å². The molecule has 0 amide bonds. The molecule has 0 aliphatic heterocycles. The van der Waals surface area contributed by atoms with Gasteiger partial charge in [0.05, 0.1) is 12.8 Å². The molecule has 4 N–H and O–H groups in total. The first-order chi connectivity index (χ1) is 5.78. The fourth-order valence-corrected chi connectivity index (χ4v) is 0.714. The van der Waals surface area contributed by atoms with Gasteiger partial charge in [0, 0.05) is 68.3 Å². The second-order valence-corrected chi connectivity index (χ2v) is 2.48. The SMILES string of the molecule is Cl.O=C(O)CC(O)(CC(=O)O)C(=O)O.[Mn].[Mn].[Mn].[Mn]. The molecule has 0 aliphatic rings. The zero-order chi connectivity index (χ0) is 10.6. The van der Waals surface area contributed by atoms with E-state index in [1.54, 1.807) is 0 Å². The molecule has 7 nitrogen and oxygen atoms in total. The molecular formula is C6H9ClMn4O7. The summed E-state index contributed by atoms with van der Waals surface area (Å²) in [6.45, 7) is 0. The third-order valence-electron chi connectivity index (χ3n) is 1.29. The average Bonchev–Trinajstić information content (AvgIpc) is 1.82. The first kappa shape index (κ1) is 36.3. The molecule has 18 heavy (non-hydrogen) atoms. The Morgan fingerprint density at radius 3 is 1.11 bits per heavy atom. The summed E-state index contributed by atoms with van der Waals surface area (Å²) in [6, 6.07) is 0. The van der Waals surface area contributed by atoms with Crippen molar-refractivity contribution in [2.75, 3.05) is 0 Å². The van der Waals surface area contributed by atoms with Gasteiger partial charge in [-0.1, -0.05) is 0 Å². The molecule has 0 aromatic heterocycles. The van der Waals surface area contributed by atoms with E-state index < -0.39 is 36.4 Å². The van der Waals surface area contributed by atoms with E-state index in [-0.39, 0.29) is 80.7 Å². The van der Waals surface area contributed by atoms with E-state index >= 15 is 0 Å². The Kier molecular flexibility index (Phi) is 31.9. The molecule has 0 bridgehead atoms. The summed E-state index contributed by atoms with van der Waals surface area (Å²) < 4.78 is 0. The van der Waals surface area contributed by atoms with Crippen LogP contribution in [0.1, 0.15) is 12.8 Å². The van der Waals surface area contributed by atoms with Gasteiger partial charge in [0.15, 0.2) is 5.60 Å². The van der Waals surface area contributed by atoms with Crippen LogP contribution in [0.25, 0.3) is 0 Å². The number of rotatable bonds is 5. The maximum Gasteiger partial charge on any atom is 0.336 e. The van der Waals surface area contributed by atoms with Crippen molar-refractivity contribution >= 4 is 30.3 Å². The van der Waals surface area contributed by atoms with Crippen LogP contribution in [0, 0.1) is 0 Å². The van der Waals surface area contributed by atoms with Crippen LogP contribution < -0.4 is 0 Å². The number of aliphatic carboxylic acids is 3. The van der Waals surface area contributed by atoms with Crippen LogP contribution >= 0.6 is 12.4 Å². The number of carboxylic acids is 3. The zero-order valence-corrected chi connectivity index (χ0v) is 13.9. The summed E-state index contributed by atoms with van der Waals surface area (Å²) in [5.74, 6) is -5.02. The first-order valence-corrected chi connectivity index (χ1v) is 3.17. The van der Waals surface area contributed by atoms with Crippen molar-refractivity contribution in [3.63, 3.8) is 0 Å². The topological polar surface area (TPSA) is 132 Å². The van der Waals surface area contributed by atoms with Crippen LogP contribution in [0.3, 0.4) is 0 Å². The molecular weight excluding hydrogens is 439 g/mol. The monoisotopic (exact) mass is 448 g/mol. The maximum atomic E-state index is 10.3. The number of carboxylic acid groups (broad SMARTS) is 3. The minimum Gasteiger partial charge on any atom is -0.481 e. The van der Waals surface area contributed by atoms with Gasteiger partial charge in [0.2, 0.25) is 0 Å². The van der Waals surface area contributed by atoms with Gasteiger partial charge in [-0.25, -0.2) is 4.79 Å². The van der Waals surface area contributed by atoms with E-state index in [1.165, 1.54) is 0 Å². The second-order valence-electron chi connectivity index (χ2n) is 2.48. The predicted molar refractivity (Wildman–Crippen MR) is 44.3 cm³/mol. The van der Waals surface area contributed by atoms with E-state index in [1.807, 2.05) is 0 Å². The molecule has 0 aliphatic carbocycles. The van der Waals surface area contributed by atoms with Gasteiger partial charge in [-0.15, -0.1) is 12.4 Å². The maximum absolute atomic E-state index is 10.3. The number of carbonyl (C=O) groups is 3. The summed E-state index contributed by atoms with van der Waals surface area (Å²) in [7, 11) is 0. The van der Waals surface area contributed by atoms with Crippen LogP contribution in [0.15, 0.2) is 0 Å². The summed E-state index contributed by atoms with van der Waals surface area (Å²) in [5, 5.41) is 33.8. The van der Waals surface area contributed by atoms with E-state index in [0.29, 0.717) is 0 Å². The van der Waals surface area contributed by atoms with Crippen molar-refractivity contribution in [2.24, 2.45) is 0 Å². The Balaban J connectivity index is -0.0000000720. The van der Waals surface area contributed by atoms with E-state index in [2.05, 4.69) is 0 Å². The minimum absolute atomic E-state index is 0. The van der Waals surface area contributed by atoms with Crippen molar-refractivity contribution in [3.8, 4) is 0 Å². The molecule has 0 spiro atoms. The number of hydrogen-bond donors (Lipinski definition) is 4. The largest absolute Gasteiger partial charge is 0.481 e. The Morgan fingerprint density at radius 1 is 0.778 bits per heavy atom. The molecule has 0 saturated heterocycles. The van der Waals surface area contributed by atoms with E-state index in [9.17, 15) is 14.4 Å². The molecule has 0 rings (SSSR count). The Labute approximate surface area is 151 Å².